The highest BCUT2D eigenvalue weighted by atomic mass is 32.2. The van der Waals surface area contributed by atoms with Crippen LogP contribution in [0.25, 0.3) is 11.3 Å². The molecule has 0 saturated heterocycles. The molecule has 1 N–H and O–H groups in total. The lowest BCUT2D eigenvalue weighted by Gasteiger charge is -2.33. The van der Waals surface area contributed by atoms with Crippen LogP contribution in [-0.4, -0.2) is 34.5 Å². The number of fused-ring (bicyclic) bond motifs is 7. The van der Waals surface area contributed by atoms with Crippen LogP contribution in [0.1, 0.15) is 72.0 Å². The number of hydrogen-bond acceptors (Lipinski definition) is 8. The Morgan fingerprint density at radius 3 is 2.38 bits per heavy atom. The number of nitrogens with zero attached hydrogens (tertiary/aromatic N) is 4. The second-order valence-electron chi connectivity index (χ2n) is 12.4. The predicted octanol–water partition coefficient (Wildman–Crippen LogP) is 7.52. The van der Waals surface area contributed by atoms with Crippen molar-refractivity contribution in [3.63, 3.8) is 0 Å². The minimum atomic E-state index is -4.00. The molecular weight excluding hydrogens is 611 g/mol. The summed E-state index contributed by atoms with van der Waals surface area (Å²) in [5.41, 5.74) is 5.57. The molecule has 47 heavy (non-hydrogen) atoms. The lowest BCUT2D eigenvalue weighted by atomic mass is 9.76. The molecule has 6 bridgehead atoms. The largest absolute Gasteiger partial charge is 0.486 e. The van der Waals surface area contributed by atoms with Crippen LogP contribution in [-0.2, 0) is 16.6 Å². The number of nitrogens with one attached hydrogen (secondary N) is 1. The van der Waals surface area contributed by atoms with Crippen LogP contribution in [0.5, 0.6) is 11.6 Å². The first-order chi connectivity index (χ1) is 22.8. The van der Waals surface area contributed by atoms with Gasteiger partial charge in [0.1, 0.15) is 18.5 Å². The molecule has 1 unspecified atom stereocenters. The normalized spacial score (nSPS) is 20.3. The van der Waals surface area contributed by atoms with Gasteiger partial charge in [0.2, 0.25) is 11.8 Å². The summed E-state index contributed by atoms with van der Waals surface area (Å²) < 4.78 is 42.7. The van der Waals surface area contributed by atoms with E-state index in [0.29, 0.717) is 36.2 Å². The molecule has 0 spiro atoms. The number of benzene rings is 3. The second-order valence-corrected chi connectivity index (χ2v) is 14.1. The van der Waals surface area contributed by atoms with Crippen molar-refractivity contribution in [1.29, 1.82) is 0 Å². The van der Waals surface area contributed by atoms with Gasteiger partial charge in [-0.2, -0.15) is 4.98 Å². The average Bonchev–Trinajstić information content (AvgIpc) is 3.05. The fourth-order valence-electron chi connectivity index (χ4n) is 6.76. The van der Waals surface area contributed by atoms with Crippen LogP contribution in [0.3, 0.4) is 0 Å². The molecule has 2 aliphatic rings. The Bertz CT molecular complexity index is 1970. The van der Waals surface area contributed by atoms with Gasteiger partial charge < -0.3 is 9.47 Å². The highest BCUT2D eigenvalue weighted by molar-refractivity contribution is 7.92. The third-order valence-electron chi connectivity index (χ3n) is 9.07. The lowest BCUT2D eigenvalue weighted by molar-refractivity contribution is 0.145. The number of aryl methyl sites for hydroxylation is 2. The molecule has 1 aliphatic carbocycles. The van der Waals surface area contributed by atoms with Gasteiger partial charge in [-0.1, -0.05) is 67.1 Å². The summed E-state index contributed by atoms with van der Waals surface area (Å²) in [6.45, 7) is 4.46. The number of sulfonamides is 1. The van der Waals surface area contributed by atoms with Gasteiger partial charge in [0, 0.05) is 17.5 Å². The van der Waals surface area contributed by atoms with E-state index in [9.17, 15) is 8.42 Å². The van der Waals surface area contributed by atoms with Crippen molar-refractivity contribution in [2.45, 2.75) is 75.4 Å². The zero-order valence-electron chi connectivity index (χ0n) is 26.5. The van der Waals surface area contributed by atoms with Gasteiger partial charge >= 0.3 is 0 Å². The van der Waals surface area contributed by atoms with Crippen LogP contribution >= 0.6 is 0 Å². The Balaban J connectivity index is 1.26. The summed E-state index contributed by atoms with van der Waals surface area (Å²) in [4.78, 5) is 18.9. The second kappa shape index (κ2) is 13.1. The van der Waals surface area contributed by atoms with Crippen LogP contribution in [0, 0.1) is 13.8 Å². The molecule has 7 rings (SSSR count). The van der Waals surface area contributed by atoms with Gasteiger partial charge in [-0.3, -0.25) is 0 Å². The Kier molecular flexibility index (Phi) is 8.60. The summed E-state index contributed by atoms with van der Waals surface area (Å²) in [5.74, 6) is 1.49. The molecular formula is C37H37N5O4S. The molecule has 1 fully saturated rings. The van der Waals surface area contributed by atoms with E-state index in [1.165, 1.54) is 0 Å². The van der Waals surface area contributed by atoms with Crippen molar-refractivity contribution in [1.82, 2.24) is 19.9 Å². The lowest BCUT2D eigenvalue weighted by Crippen LogP contribution is -2.27. The molecule has 3 heterocycles. The SMILES string of the molecule is Cc1cccc(C)c1-c1cc2nc(n1)NS(=O)(=O)c1cccc(c1)C1C[C@@H](CCCC[C@@H]1c1ncc(OCc3ccccc3)cn1)O2. The molecule has 2 aromatic heterocycles. The maximum Gasteiger partial charge on any atom is 0.264 e. The van der Waals surface area contributed by atoms with Crippen molar-refractivity contribution < 1.29 is 17.9 Å². The predicted molar refractivity (Wildman–Crippen MR) is 180 cm³/mol. The standard InChI is InChI=1S/C37H37N5O4S/c1-24-10-8-11-25(2)35(24)33-20-34-41-37(40-33)42-47(43,44)30-16-9-14-27(18-30)32-19-28(46-34)15-6-7-17-31(32)36-38-21-29(22-39-36)45-23-26-12-4-3-5-13-26/h3-5,8-14,16,18,20-22,28,31-32H,6-7,15,17,19,23H2,1-2H3,(H,40,41,42)/t28-,31+,32?/m1/s1. The third-order valence-corrected chi connectivity index (χ3v) is 10.4. The number of aromatic nitrogens is 4. The Labute approximate surface area is 275 Å². The summed E-state index contributed by atoms with van der Waals surface area (Å²) in [6, 6.07) is 25.0. The molecule has 0 amide bonds. The zero-order valence-corrected chi connectivity index (χ0v) is 27.3. The zero-order chi connectivity index (χ0) is 32.4. The van der Waals surface area contributed by atoms with E-state index in [1.54, 1.807) is 30.6 Å². The van der Waals surface area contributed by atoms with Gasteiger partial charge in [-0.25, -0.2) is 28.1 Å². The molecule has 10 heteroatoms. The summed E-state index contributed by atoms with van der Waals surface area (Å²) in [6.07, 6.45) is 7.59. The smallest absolute Gasteiger partial charge is 0.264 e. The van der Waals surface area contributed by atoms with Crippen LogP contribution in [0.4, 0.5) is 5.95 Å². The molecule has 1 saturated carbocycles. The maximum absolute atomic E-state index is 13.7. The minimum Gasteiger partial charge on any atom is -0.486 e. The molecule has 3 aromatic carbocycles. The van der Waals surface area contributed by atoms with Gasteiger partial charge in [-0.05, 0) is 79.8 Å². The van der Waals surface area contributed by atoms with E-state index >= 15 is 0 Å². The van der Waals surface area contributed by atoms with E-state index in [4.69, 9.17) is 19.4 Å². The van der Waals surface area contributed by atoms with Crippen LogP contribution in [0.15, 0.2) is 96.2 Å². The quantitative estimate of drug-likeness (QED) is 0.208. The number of ether oxygens (including phenoxy) is 2. The van der Waals surface area contributed by atoms with E-state index in [2.05, 4.69) is 14.7 Å². The molecule has 240 valence electrons. The molecule has 0 radical (unpaired) electrons. The monoisotopic (exact) mass is 647 g/mol. The summed E-state index contributed by atoms with van der Waals surface area (Å²) >= 11 is 0. The van der Waals surface area contributed by atoms with Crippen molar-refractivity contribution in [2.24, 2.45) is 0 Å². The maximum atomic E-state index is 13.7. The topological polar surface area (TPSA) is 116 Å². The number of anilines is 1. The Morgan fingerprint density at radius 1 is 0.851 bits per heavy atom. The molecule has 9 nitrogen and oxygen atoms in total. The van der Waals surface area contributed by atoms with Crippen molar-refractivity contribution in [3.05, 3.63) is 119 Å². The van der Waals surface area contributed by atoms with Crippen molar-refractivity contribution in [3.8, 4) is 22.9 Å². The van der Waals surface area contributed by atoms with Crippen LogP contribution < -0.4 is 14.2 Å². The molecule has 3 atom stereocenters. The van der Waals surface area contributed by atoms with Gasteiger partial charge in [0.15, 0.2) is 5.75 Å². The first-order valence-corrected chi connectivity index (χ1v) is 17.5. The number of hydrogen-bond donors (Lipinski definition) is 1. The van der Waals surface area contributed by atoms with Crippen LogP contribution in [0.2, 0.25) is 0 Å². The Hall–Kier alpha value is -4.83. The first kappa shape index (κ1) is 30.8. The summed E-state index contributed by atoms with van der Waals surface area (Å²) in [5, 5.41) is 0. The highest BCUT2D eigenvalue weighted by Gasteiger charge is 2.34. The molecule has 5 aromatic rings. The summed E-state index contributed by atoms with van der Waals surface area (Å²) in [7, 11) is -4.00. The molecule has 1 aliphatic heterocycles. The fourth-order valence-corrected chi connectivity index (χ4v) is 7.76. The first-order valence-electron chi connectivity index (χ1n) is 16.1. The van der Waals surface area contributed by atoms with Gasteiger partial charge in [-0.15, -0.1) is 0 Å². The van der Waals surface area contributed by atoms with Crippen molar-refractivity contribution in [2.75, 3.05) is 4.72 Å². The minimum absolute atomic E-state index is 0.0191. The number of rotatable bonds is 5. The van der Waals surface area contributed by atoms with E-state index in [0.717, 1.165) is 53.5 Å². The van der Waals surface area contributed by atoms with E-state index in [1.807, 2.05) is 74.5 Å². The van der Waals surface area contributed by atoms with Gasteiger partial charge in [0.05, 0.1) is 23.0 Å². The Morgan fingerprint density at radius 2 is 1.60 bits per heavy atom. The fraction of sp³-hybridized carbons (Fsp3) is 0.297. The van der Waals surface area contributed by atoms with E-state index < -0.39 is 10.0 Å². The van der Waals surface area contributed by atoms with Gasteiger partial charge in [0.25, 0.3) is 10.0 Å². The third kappa shape index (κ3) is 6.83. The van der Waals surface area contributed by atoms with Crippen molar-refractivity contribution >= 4 is 16.0 Å². The highest BCUT2D eigenvalue weighted by Crippen LogP contribution is 2.43. The average molecular weight is 648 g/mol. The van der Waals surface area contributed by atoms with E-state index in [-0.39, 0.29) is 28.8 Å².